The number of ether oxygens (including phenoxy) is 1. The van der Waals surface area contributed by atoms with E-state index in [2.05, 4.69) is 5.32 Å². The minimum atomic E-state index is -0.638. The number of nitrogens with one attached hydrogen (secondary N) is 1. The highest BCUT2D eigenvalue weighted by Gasteiger charge is 2.18. The van der Waals surface area contributed by atoms with Crippen molar-refractivity contribution in [3.8, 4) is 5.75 Å². The van der Waals surface area contributed by atoms with Crippen molar-refractivity contribution in [3.05, 3.63) is 33.9 Å². The first-order chi connectivity index (χ1) is 8.45. The highest BCUT2D eigenvalue weighted by molar-refractivity contribution is 5.97. The van der Waals surface area contributed by atoms with Crippen molar-refractivity contribution in [2.24, 2.45) is 0 Å². The van der Waals surface area contributed by atoms with E-state index in [1.807, 2.05) is 0 Å². The van der Waals surface area contributed by atoms with Crippen LogP contribution in [0.1, 0.15) is 17.3 Å². The Morgan fingerprint density at radius 3 is 2.61 bits per heavy atom. The third kappa shape index (κ3) is 3.27. The van der Waals surface area contributed by atoms with Crippen molar-refractivity contribution < 1.29 is 19.2 Å². The summed E-state index contributed by atoms with van der Waals surface area (Å²) in [5.74, 6) is -0.676. The van der Waals surface area contributed by atoms with Gasteiger partial charge in [-0.05, 0) is 19.1 Å². The zero-order chi connectivity index (χ0) is 13.7. The van der Waals surface area contributed by atoms with Crippen LogP contribution >= 0.6 is 0 Å². The van der Waals surface area contributed by atoms with Crippen LogP contribution in [0.2, 0.25) is 0 Å². The molecule has 0 radical (unpaired) electrons. The average molecular weight is 252 g/mol. The Bertz CT molecular complexity index is 498. The van der Waals surface area contributed by atoms with Gasteiger partial charge in [0, 0.05) is 11.6 Å². The van der Waals surface area contributed by atoms with E-state index in [9.17, 15) is 19.7 Å². The summed E-state index contributed by atoms with van der Waals surface area (Å²) in [7, 11) is 1.30. The zero-order valence-corrected chi connectivity index (χ0v) is 9.93. The maximum Gasteiger partial charge on any atom is 0.311 e. The van der Waals surface area contributed by atoms with Gasteiger partial charge >= 0.3 is 5.69 Å². The van der Waals surface area contributed by atoms with E-state index >= 15 is 0 Å². The summed E-state index contributed by atoms with van der Waals surface area (Å²) >= 11 is 0. The lowest BCUT2D eigenvalue weighted by atomic mass is 10.1. The number of nitro benzene ring substituents is 1. The number of nitro groups is 1. The summed E-state index contributed by atoms with van der Waals surface area (Å²) in [4.78, 5) is 32.4. The van der Waals surface area contributed by atoms with Gasteiger partial charge in [0.25, 0.3) is 5.91 Å². The van der Waals surface area contributed by atoms with E-state index in [1.165, 1.54) is 26.2 Å². The second-order valence-electron chi connectivity index (χ2n) is 3.53. The highest BCUT2D eigenvalue weighted by atomic mass is 16.6. The number of ketones is 1. The van der Waals surface area contributed by atoms with Crippen molar-refractivity contribution in [1.82, 2.24) is 5.32 Å². The van der Waals surface area contributed by atoms with Crippen LogP contribution in [-0.2, 0) is 4.79 Å². The fourth-order valence-corrected chi connectivity index (χ4v) is 1.28. The van der Waals surface area contributed by atoms with Crippen LogP contribution < -0.4 is 10.1 Å². The lowest BCUT2D eigenvalue weighted by molar-refractivity contribution is -0.385. The van der Waals surface area contributed by atoms with Crippen LogP contribution in [0.3, 0.4) is 0 Å². The predicted molar refractivity (Wildman–Crippen MR) is 62.7 cm³/mol. The minimum absolute atomic E-state index is 0.0723. The van der Waals surface area contributed by atoms with Crippen LogP contribution in [0.5, 0.6) is 5.75 Å². The van der Waals surface area contributed by atoms with E-state index in [-0.39, 0.29) is 29.3 Å². The van der Waals surface area contributed by atoms with Gasteiger partial charge in [-0.15, -0.1) is 0 Å². The van der Waals surface area contributed by atoms with E-state index < -0.39 is 10.8 Å². The summed E-state index contributed by atoms with van der Waals surface area (Å²) < 4.78 is 4.81. The fourth-order valence-electron chi connectivity index (χ4n) is 1.28. The molecule has 0 saturated carbocycles. The van der Waals surface area contributed by atoms with E-state index in [0.717, 1.165) is 6.07 Å². The number of methoxy groups -OCH3 is 1. The summed E-state index contributed by atoms with van der Waals surface area (Å²) in [6.45, 7) is 1.22. The number of Topliss-reactive ketones (excluding diaryl/α,β-unsaturated/α-hetero) is 1. The summed E-state index contributed by atoms with van der Waals surface area (Å²) in [6, 6.07) is 3.83. The van der Waals surface area contributed by atoms with Gasteiger partial charge in [0.2, 0.25) is 0 Å². The van der Waals surface area contributed by atoms with Crippen LogP contribution in [0.15, 0.2) is 18.2 Å². The molecule has 7 heteroatoms. The topological polar surface area (TPSA) is 98.5 Å². The molecular formula is C11H12N2O5. The summed E-state index contributed by atoms with van der Waals surface area (Å²) in [5.41, 5.74) is -0.197. The third-order valence-corrected chi connectivity index (χ3v) is 2.14. The average Bonchev–Trinajstić information content (AvgIpc) is 2.34. The Morgan fingerprint density at radius 2 is 2.11 bits per heavy atom. The fraction of sp³-hybridized carbons (Fsp3) is 0.273. The second-order valence-corrected chi connectivity index (χ2v) is 3.53. The quantitative estimate of drug-likeness (QED) is 0.620. The number of hydrogen-bond acceptors (Lipinski definition) is 5. The highest BCUT2D eigenvalue weighted by Crippen LogP contribution is 2.27. The van der Waals surface area contributed by atoms with Crippen LogP contribution in [-0.4, -0.2) is 30.3 Å². The number of carbonyl (C=O) groups is 2. The maximum absolute atomic E-state index is 11.6. The Hall–Kier alpha value is -2.44. The van der Waals surface area contributed by atoms with Crippen molar-refractivity contribution in [1.29, 1.82) is 0 Å². The van der Waals surface area contributed by atoms with E-state index in [4.69, 9.17) is 4.74 Å². The van der Waals surface area contributed by atoms with Crippen LogP contribution in [0.4, 0.5) is 5.69 Å². The summed E-state index contributed by atoms with van der Waals surface area (Å²) in [6.07, 6.45) is 0. The van der Waals surface area contributed by atoms with Gasteiger partial charge in [0.05, 0.1) is 18.6 Å². The Labute approximate surface area is 103 Å². The molecule has 0 aliphatic carbocycles. The largest absolute Gasteiger partial charge is 0.490 e. The lowest BCUT2D eigenvalue weighted by Gasteiger charge is -2.05. The number of rotatable bonds is 5. The monoisotopic (exact) mass is 252 g/mol. The SMILES string of the molecule is COc1ccc(C(=O)NCC(C)=O)cc1[N+](=O)[O-]. The molecule has 0 bridgehead atoms. The molecule has 7 nitrogen and oxygen atoms in total. The summed E-state index contributed by atoms with van der Waals surface area (Å²) in [5, 5.41) is 13.1. The maximum atomic E-state index is 11.6. The first-order valence-electron chi connectivity index (χ1n) is 5.05. The van der Waals surface area contributed by atoms with E-state index in [1.54, 1.807) is 0 Å². The first kappa shape index (κ1) is 13.6. The molecule has 0 saturated heterocycles. The Balaban J connectivity index is 2.97. The van der Waals surface area contributed by atoms with Crippen molar-refractivity contribution in [2.75, 3.05) is 13.7 Å². The molecule has 1 N–H and O–H groups in total. The van der Waals surface area contributed by atoms with Gasteiger partial charge in [-0.1, -0.05) is 0 Å². The Morgan fingerprint density at radius 1 is 1.44 bits per heavy atom. The standard InChI is InChI=1S/C11H12N2O5/c1-7(14)6-12-11(15)8-3-4-10(18-2)9(5-8)13(16)17/h3-5H,6H2,1-2H3,(H,12,15). The Kier molecular flexibility index (Phi) is 4.36. The molecule has 0 atom stereocenters. The van der Waals surface area contributed by atoms with Crippen LogP contribution in [0.25, 0.3) is 0 Å². The molecule has 0 heterocycles. The zero-order valence-electron chi connectivity index (χ0n) is 9.93. The lowest BCUT2D eigenvalue weighted by Crippen LogP contribution is -2.28. The van der Waals surface area contributed by atoms with Gasteiger partial charge in [-0.25, -0.2) is 0 Å². The van der Waals surface area contributed by atoms with Gasteiger partial charge in [0.1, 0.15) is 5.78 Å². The number of hydrogen-bond donors (Lipinski definition) is 1. The third-order valence-electron chi connectivity index (χ3n) is 2.14. The number of nitrogens with zero attached hydrogens (tertiary/aromatic N) is 1. The van der Waals surface area contributed by atoms with Gasteiger partial charge in [-0.2, -0.15) is 0 Å². The molecule has 0 fully saturated rings. The van der Waals surface area contributed by atoms with Gasteiger partial charge in [0.15, 0.2) is 5.75 Å². The predicted octanol–water partition coefficient (Wildman–Crippen LogP) is 0.922. The molecule has 0 unspecified atom stereocenters. The smallest absolute Gasteiger partial charge is 0.311 e. The first-order valence-corrected chi connectivity index (χ1v) is 5.05. The number of benzene rings is 1. The molecule has 1 aromatic carbocycles. The van der Waals surface area contributed by atoms with Crippen LogP contribution in [0, 0.1) is 10.1 Å². The molecule has 1 aromatic rings. The van der Waals surface area contributed by atoms with Crippen molar-refractivity contribution >= 4 is 17.4 Å². The van der Waals surface area contributed by atoms with Crippen molar-refractivity contribution in [2.45, 2.75) is 6.92 Å². The molecular weight excluding hydrogens is 240 g/mol. The van der Waals surface area contributed by atoms with Crippen molar-refractivity contribution in [3.63, 3.8) is 0 Å². The number of carbonyl (C=O) groups excluding carboxylic acids is 2. The minimum Gasteiger partial charge on any atom is -0.490 e. The van der Waals surface area contributed by atoms with Gasteiger partial charge < -0.3 is 10.1 Å². The number of amides is 1. The molecule has 18 heavy (non-hydrogen) atoms. The molecule has 1 amide bonds. The molecule has 0 aliphatic heterocycles. The molecule has 0 aliphatic rings. The second kappa shape index (κ2) is 5.76. The molecule has 0 spiro atoms. The molecule has 1 rings (SSSR count). The molecule has 96 valence electrons. The molecule has 0 aromatic heterocycles. The normalized spacial score (nSPS) is 9.67. The van der Waals surface area contributed by atoms with Gasteiger partial charge in [-0.3, -0.25) is 19.7 Å². The van der Waals surface area contributed by atoms with E-state index in [0.29, 0.717) is 0 Å².